The molecule has 86 valence electrons. The maximum absolute atomic E-state index is 12.1. The molecule has 0 aliphatic rings. The summed E-state index contributed by atoms with van der Waals surface area (Å²) in [6, 6.07) is 2.04. The molecular formula is C12H16N2OS. The van der Waals surface area contributed by atoms with Crippen molar-refractivity contribution in [3.63, 3.8) is 0 Å². The summed E-state index contributed by atoms with van der Waals surface area (Å²) in [5, 5.41) is 1.88. The van der Waals surface area contributed by atoms with E-state index in [0.717, 1.165) is 5.56 Å². The fourth-order valence-corrected chi connectivity index (χ4v) is 1.95. The fourth-order valence-electron chi connectivity index (χ4n) is 1.11. The van der Waals surface area contributed by atoms with Gasteiger partial charge in [0.25, 0.3) is 5.91 Å². The van der Waals surface area contributed by atoms with E-state index in [1.807, 2.05) is 25.3 Å². The molecule has 0 unspecified atom stereocenters. The molecule has 16 heavy (non-hydrogen) atoms. The fraction of sp³-hybridized carbons (Fsp3) is 0.417. The number of hydrogen-bond acceptors (Lipinski definition) is 3. The van der Waals surface area contributed by atoms with Gasteiger partial charge in [0.1, 0.15) is 4.88 Å². The molecule has 1 amide bonds. The van der Waals surface area contributed by atoms with Crippen LogP contribution in [0.15, 0.2) is 11.4 Å². The van der Waals surface area contributed by atoms with E-state index < -0.39 is 0 Å². The minimum Gasteiger partial charge on any atom is -0.339 e. The van der Waals surface area contributed by atoms with Crippen molar-refractivity contribution in [3.05, 3.63) is 21.9 Å². The van der Waals surface area contributed by atoms with Crippen LogP contribution in [0.5, 0.6) is 0 Å². The average Bonchev–Trinajstić information content (AvgIpc) is 2.72. The highest BCUT2D eigenvalue weighted by atomic mass is 32.1. The second kappa shape index (κ2) is 5.69. The molecule has 3 nitrogen and oxygen atoms in total. The van der Waals surface area contributed by atoms with Crippen molar-refractivity contribution in [2.45, 2.75) is 19.9 Å². The summed E-state index contributed by atoms with van der Waals surface area (Å²) in [6.07, 6.45) is 0. The lowest BCUT2D eigenvalue weighted by Gasteiger charge is -2.20. The van der Waals surface area contributed by atoms with Gasteiger partial charge in [-0.1, -0.05) is 11.8 Å². The molecule has 0 bridgehead atoms. The van der Waals surface area contributed by atoms with Crippen LogP contribution in [-0.4, -0.2) is 30.4 Å². The molecule has 4 heteroatoms. The van der Waals surface area contributed by atoms with Crippen LogP contribution in [0.3, 0.4) is 0 Å². The molecule has 1 aromatic rings. The first kappa shape index (κ1) is 12.8. The highest BCUT2D eigenvalue weighted by Crippen LogP contribution is 2.18. The van der Waals surface area contributed by atoms with Gasteiger partial charge in [-0.3, -0.25) is 4.79 Å². The highest BCUT2D eigenvalue weighted by molar-refractivity contribution is 7.12. The van der Waals surface area contributed by atoms with E-state index in [2.05, 4.69) is 11.8 Å². The first-order valence-corrected chi connectivity index (χ1v) is 5.99. The van der Waals surface area contributed by atoms with E-state index in [0.29, 0.717) is 11.4 Å². The SMILES string of the molecule is CC(C)N(C)C(=O)c1sccc1C#CCN. The minimum atomic E-state index is 0.0197. The predicted octanol–water partition coefficient (Wildman–Crippen LogP) is 1.54. The summed E-state index contributed by atoms with van der Waals surface area (Å²) >= 11 is 1.42. The summed E-state index contributed by atoms with van der Waals surface area (Å²) in [5.74, 6) is 5.70. The Kier molecular flexibility index (Phi) is 4.53. The number of amides is 1. The van der Waals surface area contributed by atoms with E-state index in [4.69, 9.17) is 5.73 Å². The van der Waals surface area contributed by atoms with E-state index in [-0.39, 0.29) is 11.9 Å². The van der Waals surface area contributed by atoms with Gasteiger partial charge in [0.15, 0.2) is 0 Å². The number of carbonyl (C=O) groups excluding carboxylic acids is 1. The highest BCUT2D eigenvalue weighted by Gasteiger charge is 2.18. The Hall–Kier alpha value is -1.31. The zero-order valence-electron chi connectivity index (χ0n) is 9.78. The number of nitrogens with zero attached hydrogens (tertiary/aromatic N) is 1. The molecule has 0 aromatic carbocycles. The second-order valence-corrected chi connectivity index (χ2v) is 4.60. The van der Waals surface area contributed by atoms with E-state index >= 15 is 0 Å². The maximum Gasteiger partial charge on any atom is 0.265 e. The molecule has 2 N–H and O–H groups in total. The average molecular weight is 236 g/mol. The zero-order chi connectivity index (χ0) is 12.1. The summed E-state index contributed by atoms with van der Waals surface area (Å²) in [7, 11) is 1.80. The largest absolute Gasteiger partial charge is 0.339 e. The Morgan fingerprint density at radius 1 is 1.62 bits per heavy atom. The van der Waals surface area contributed by atoms with E-state index in [9.17, 15) is 4.79 Å². The zero-order valence-corrected chi connectivity index (χ0v) is 10.6. The summed E-state index contributed by atoms with van der Waals surface area (Å²) in [5.41, 5.74) is 6.09. The van der Waals surface area contributed by atoms with E-state index in [1.54, 1.807) is 11.9 Å². The van der Waals surface area contributed by atoms with Crippen molar-refractivity contribution in [2.75, 3.05) is 13.6 Å². The van der Waals surface area contributed by atoms with Crippen LogP contribution in [-0.2, 0) is 0 Å². The van der Waals surface area contributed by atoms with E-state index in [1.165, 1.54) is 11.3 Å². The van der Waals surface area contributed by atoms with Crippen LogP contribution in [0.2, 0.25) is 0 Å². The van der Waals surface area contributed by atoms with Crippen LogP contribution >= 0.6 is 11.3 Å². The van der Waals surface area contributed by atoms with Crippen molar-refractivity contribution in [1.29, 1.82) is 0 Å². The topological polar surface area (TPSA) is 46.3 Å². The molecule has 1 aromatic heterocycles. The van der Waals surface area contributed by atoms with Crippen molar-refractivity contribution in [2.24, 2.45) is 5.73 Å². The normalized spacial score (nSPS) is 9.81. The Labute approximate surface area is 100 Å². The number of thiophene rings is 1. The van der Waals surface area contributed by atoms with Crippen molar-refractivity contribution >= 4 is 17.2 Å². The van der Waals surface area contributed by atoms with Crippen LogP contribution in [0, 0.1) is 11.8 Å². The van der Waals surface area contributed by atoms with Crippen molar-refractivity contribution in [1.82, 2.24) is 4.90 Å². The predicted molar refractivity (Wildman–Crippen MR) is 67.5 cm³/mol. The van der Waals surface area contributed by atoms with Gasteiger partial charge in [0.2, 0.25) is 0 Å². The number of rotatable bonds is 2. The molecule has 0 saturated heterocycles. The smallest absolute Gasteiger partial charge is 0.265 e. The first-order chi connectivity index (χ1) is 7.57. The van der Waals surface area contributed by atoms with Crippen LogP contribution < -0.4 is 5.73 Å². The lowest BCUT2D eigenvalue weighted by Crippen LogP contribution is -2.32. The molecule has 0 atom stereocenters. The Morgan fingerprint density at radius 3 is 2.88 bits per heavy atom. The molecule has 1 rings (SSSR count). The lowest BCUT2D eigenvalue weighted by atomic mass is 10.2. The van der Waals surface area contributed by atoms with Gasteiger partial charge < -0.3 is 10.6 Å². The van der Waals surface area contributed by atoms with Gasteiger partial charge in [-0.2, -0.15) is 0 Å². The molecular weight excluding hydrogens is 220 g/mol. The van der Waals surface area contributed by atoms with Crippen LogP contribution in [0.25, 0.3) is 0 Å². The standard InChI is InChI=1S/C12H16N2OS/c1-9(2)14(3)12(15)11-10(5-4-7-13)6-8-16-11/h6,8-9H,7,13H2,1-3H3. The Balaban J connectivity index is 2.96. The van der Waals surface area contributed by atoms with Crippen LogP contribution in [0.4, 0.5) is 0 Å². The van der Waals surface area contributed by atoms with Gasteiger partial charge >= 0.3 is 0 Å². The molecule has 1 heterocycles. The molecule has 0 aliphatic carbocycles. The molecule has 0 radical (unpaired) electrons. The number of nitrogens with two attached hydrogens (primary N) is 1. The number of carbonyl (C=O) groups is 1. The van der Waals surface area contributed by atoms with Gasteiger partial charge in [-0.05, 0) is 25.3 Å². The molecule has 0 fully saturated rings. The van der Waals surface area contributed by atoms with Crippen LogP contribution in [0.1, 0.15) is 29.1 Å². The van der Waals surface area contributed by atoms with Gasteiger partial charge in [0, 0.05) is 18.7 Å². The molecule has 0 saturated carbocycles. The van der Waals surface area contributed by atoms with Crippen molar-refractivity contribution < 1.29 is 4.79 Å². The third-order valence-electron chi connectivity index (χ3n) is 2.28. The molecule has 0 aliphatic heterocycles. The molecule has 0 spiro atoms. The Morgan fingerprint density at radius 2 is 2.31 bits per heavy atom. The quantitative estimate of drug-likeness (QED) is 0.792. The van der Waals surface area contributed by atoms with Gasteiger partial charge in [-0.25, -0.2) is 0 Å². The Bertz CT molecular complexity index is 426. The number of hydrogen-bond donors (Lipinski definition) is 1. The third-order valence-corrected chi connectivity index (χ3v) is 3.18. The summed E-state index contributed by atoms with van der Waals surface area (Å²) in [6.45, 7) is 4.27. The summed E-state index contributed by atoms with van der Waals surface area (Å²) < 4.78 is 0. The van der Waals surface area contributed by atoms with Gasteiger partial charge in [-0.15, -0.1) is 11.3 Å². The first-order valence-electron chi connectivity index (χ1n) is 5.11. The summed E-state index contributed by atoms with van der Waals surface area (Å²) in [4.78, 5) is 14.5. The second-order valence-electron chi connectivity index (χ2n) is 3.68. The maximum atomic E-state index is 12.1. The van der Waals surface area contributed by atoms with Crippen molar-refractivity contribution in [3.8, 4) is 11.8 Å². The lowest BCUT2D eigenvalue weighted by molar-refractivity contribution is 0.0759. The monoisotopic (exact) mass is 236 g/mol. The van der Waals surface area contributed by atoms with Gasteiger partial charge in [0.05, 0.1) is 6.54 Å². The minimum absolute atomic E-state index is 0.0197. The third kappa shape index (κ3) is 2.84.